The zero-order chi connectivity index (χ0) is 31.8. The molecule has 3 saturated heterocycles. The normalized spacial score (nSPS) is 20.2. The Morgan fingerprint density at radius 3 is 2.33 bits per heavy atom. The molecule has 3 fully saturated rings. The molecule has 5 heterocycles. The number of nitrogen functional groups attached to an aromatic ring is 1. The first-order valence-electron chi connectivity index (χ1n) is 16.5. The van der Waals surface area contributed by atoms with E-state index in [1.54, 1.807) is 0 Å². The summed E-state index contributed by atoms with van der Waals surface area (Å²) in [6.45, 7) is 12.6. The third kappa shape index (κ3) is 6.52. The first-order valence-corrected chi connectivity index (χ1v) is 16.5. The summed E-state index contributed by atoms with van der Waals surface area (Å²) in [5.41, 5.74) is 8.50. The fourth-order valence-corrected chi connectivity index (χ4v) is 7.01. The number of anilines is 1. The van der Waals surface area contributed by atoms with Gasteiger partial charge in [-0.05, 0) is 82.3 Å². The molecule has 1 amide bonds. The van der Waals surface area contributed by atoms with Crippen molar-refractivity contribution in [2.75, 3.05) is 51.5 Å². The molecule has 2 aromatic heterocycles. The van der Waals surface area contributed by atoms with Crippen LogP contribution in [0, 0.1) is 5.92 Å². The fourth-order valence-electron chi connectivity index (χ4n) is 7.01. The summed E-state index contributed by atoms with van der Waals surface area (Å²) in [4.78, 5) is 28.4. The zero-order valence-corrected chi connectivity index (χ0v) is 27.0. The fraction of sp³-hybridized carbons (Fsp3) is 0.486. The van der Waals surface area contributed by atoms with Crippen LogP contribution in [0.25, 0.3) is 22.3 Å². The third-order valence-electron chi connectivity index (χ3n) is 9.38. The lowest BCUT2D eigenvalue weighted by Gasteiger charge is -2.48. The largest absolute Gasteiger partial charge is 0.457 e. The monoisotopic (exact) mass is 624 g/mol. The van der Waals surface area contributed by atoms with Crippen molar-refractivity contribution in [2.45, 2.75) is 57.7 Å². The number of piperidine rings is 1. The number of para-hydroxylation sites is 1. The molecule has 11 heteroatoms. The molecule has 0 spiro atoms. The summed E-state index contributed by atoms with van der Waals surface area (Å²) in [6, 6.07) is 18.5. The van der Waals surface area contributed by atoms with Crippen molar-refractivity contribution in [1.29, 1.82) is 0 Å². The Labute approximate surface area is 270 Å². The van der Waals surface area contributed by atoms with Crippen LogP contribution in [0.5, 0.6) is 11.5 Å². The molecular weight excluding hydrogens is 580 g/mol. The Morgan fingerprint density at radius 2 is 1.61 bits per heavy atom. The maximum atomic E-state index is 12.5. The maximum absolute atomic E-state index is 12.5. The minimum absolute atomic E-state index is 0.183. The molecule has 46 heavy (non-hydrogen) atoms. The second-order valence-corrected chi connectivity index (χ2v) is 13.9. The number of amides is 1. The van der Waals surface area contributed by atoms with Crippen molar-refractivity contribution < 1.29 is 14.3 Å². The van der Waals surface area contributed by atoms with Crippen molar-refractivity contribution in [3.8, 4) is 22.8 Å². The average Bonchev–Trinajstić information content (AvgIpc) is 3.65. The lowest BCUT2D eigenvalue weighted by molar-refractivity contribution is 0.00630. The molecule has 7 rings (SSSR count). The molecule has 3 aliphatic heterocycles. The van der Waals surface area contributed by atoms with Crippen molar-refractivity contribution in [2.24, 2.45) is 5.92 Å². The SMILES string of the molecule is CC(C)(C)OC(=O)N1CCC(CN2CC(N3CCC(n4nc(-c5ccc(Oc6ccccc6)cc5)c5c(N)ncnc54)CC3)C2)C1. The number of nitrogens with two attached hydrogens (primary N) is 1. The highest BCUT2D eigenvalue weighted by Crippen LogP contribution is 2.36. The molecule has 242 valence electrons. The number of carbonyl (C=O) groups excluding carboxylic acids is 1. The van der Waals surface area contributed by atoms with Gasteiger partial charge in [0.1, 0.15) is 34.9 Å². The molecule has 4 aromatic rings. The van der Waals surface area contributed by atoms with Gasteiger partial charge < -0.3 is 20.1 Å². The molecule has 2 N–H and O–H groups in total. The van der Waals surface area contributed by atoms with Crippen LogP contribution in [0.2, 0.25) is 0 Å². The van der Waals surface area contributed by atoms with Gasteiger partial charge in [-0.2, -0.15) is 5.10 Å². The number of hydrogen-bond donors (Lipinski definition) is 1. The van der Waals surface area contributed by atoms with E-state index >= 15 is 0 Å². The standard InChI is InChI=1S/C35H44N8O3/c1-35(2,3)46-34(44)42-16-13-24(20-42)19-40-21-27(22-40)41-17-14-26(15-18-41)43-33-30(32(36)37-23-38-33)31(39-43)25-9-11-29(12-10-25)45-28-7-5-4-6-8-28/h4-12,23-24,26-27H,13-22H2,1-3H3,(H2,36,37,38). The highest BCUT2D eigenvalue weighted by Gasteiger charge is 2.38. The van der Waals surface area contributed by atoms with Crippen molar-refractivity contribution in [3.05, 3.63) is 60.9 Å². The summed E-state index contributed by atoms with van der Waals surface area (Å²) in [5, 5.41) is 5.90. The van der Waals surface area contributed by atoms with Gasteiger partial charge in [0.25, 0.3) is 0 Å². The Kier molecular flexibility index (Phi) is 8.29. The molecule has 1 atom stereocenters. The van der Waals surface area contributed by atoms with Crippen LogP contribution in [-0.2, 0) is 4.74 Å². The smallest absolute Gasteiger partial charge is 0.410 e. The van der Waals surface area contributed by atoms with E-state index in [4.69, 9.17) is 20.3 Å². The number of fused-ring (bicyclic) bond motifs is 1. The number of carbonyl (C=O) groups is 1. The molecule has 3 aliphatic rings. The van der Waals surface area contributed by atoms with E-state index in [1.807, 2.05) is 80.3 Å². The molecular formula is C35H44N8O3. The number of rotatable bonds is 7. The second-order valence-electron chi connectivity index (χ2n) is 13.9. The van der Waals surface area contributed by atoms with E-state index in [0.717, 1.165) is 98.9 Å². The minimum Gasteiger partial charge on any atom is -0.457 e. The van der Waals surface area contributed by atoms with Gasteiger partial charge in [0.05, 0.1) is 11.4 Å². The van der Waals surface area contributed by atoms with Gasteiger partial charge in [-0.15, -0.1) is 0 Å². The molecule has 1 unspecified atom stereocenters. The lowest BCUT2D eigenvalue weighted by Crippen LogP contribution is -2.61. The van der Waals surface area contributed by atoms with E-state index < -0.39 is 5.60 Å². The predicted molar refractivity (Wildman–Crippen MR) is 178 cm³/mol. The first-order chi connectivity index (χ1) is 22.2. The van der Waals surface area contributed by atoms with E-state index in [9.17, 15) is 4.79 Å². The summed E-state index contributed by atoms with van der Waals surface area (Å²) < 4.78 is 13.6. The second kappa shape index (κ2) is 12.5. The Morgan fingerprint density at radius 1 is 0.891 bits per heavy atom. The van der Waals surface area contributed by atoms with Crippen LogP contribution in [-0.4, -0.2) is 98.0 Å². The molecule has 0 radical (unpaired) electrons. The van der Waals surface area contributed by atoms with Crippen LogP contribution in [0.4, 0.5) is 10.6 Å². The van der Waals surface area contributed by atoms with Crippen LogP contribution in [0.1, 0.15) is 46.1 Å². The van der Waals surface area contributed by atoms with Crippen LogP contribution >= 0.6 is 0 Å². The topological polar surface area (TPSA) is 115 Å². The van der Waals surface area contributed by atoms with Gasteiger partial charge in [-0.25, -0.2) is 19.4 Å². The number of benzene rings is 2. The van der Waals surface area contributed by atoms with Gasteiger partial charge >= 0.3 is 6.09 Å². The highest BCUT2D eigenvalue weighted by atomic mass is 16.6. The van der Waals surface area contributed by atoms with Crippen molar-refractivity contribution in [1.82, 2.24) is 34.4 Å². The average molecular weight is 625 g/mol. The number of nitrogens with zero attached hydrogens (tertiary/aromatic N) is 7. The van der Waals surface area contributed by atoms with Gasteiger partial charge in [0, 0.05) is 57.4 Å². The zero-order valence-electron chi connectivity index (χ0n) is 27.0. The number of hydrogen-bond acceptors (Lipinski definition) is 9. The van der Waals surface area contributed by atoms with Crippen LogP contribution < -0.4 is 10.5 Å². The van der Waals surface area contributed by atoms with Crippen LogP contribution in [0.3, 0.4) is 0 Å². The molecule has 0 saturated carbocycles. The molecule has 0 aliphatic carbocycles. The van der Waals surface area contributed by atoms with E-state index in [0.29, 0.717) is 17.8 Å². The first kappa shape index (κ1) is 30.4. The van der Waals surface area contributed by atoms with Crippen LogP contribution in [0.15, 0.2) is 60.9 Å². The summed E-state index contributed by atoms with van der Waals surface area (Å²) in [7, 11) is 0. The highest BCUT2D eigenvalue weighted by molar-refractivity contribution is 5.98. The van der Waals surface area contributed by atoms with Gasteiger partial charge in [-0.1, -0.05) is 18.2 Å². The summed E-state index contributed by atoms with van der Waals surface area (Å²) in [6.07, 6.45) is 4.41. The predicted octanol–water partition coefficient (Wildman–Crippen LogP) is 5.45. The molecule has 11 nitrogen and oxygen atoms in total. The van der Waals surface area contributed by atoms with Crippen molar-refractivity contribution in [3.63, 3.8) is 0 Å². The maximum Gasteiger partial charge on any atom is 0.410 e. The number of ether oxygens (including phenoxy) is 2. The lowest BCUT2D eigenvalue weighted by atomic mass is 9.98. The Hall–Kier alpha value is -4.22. The van der Waals surface area contributed by atoms with E-state index in [-0.39, 0.29) is 12.1 Å². The molecule has 2 aromatic carbocycles. The van der Waals surface area contributed by atoms with E-state index in [1.165, 1.54) is 6.33 Å². The van der Waals surface area contributed by atoms with Crippen molar-refractivity contribution >= 4 is 22.9 Å². The van der Waals surface area contributed by atoms with E-state index in [2.05, 4.69) is 24.4 Å². The molecule has 0 bridgehead atoms. The third-order valence-corrected chi connectivity index (χ3v) is 9.38. The minimum atomic E-state index is -0.452. The summed E-state index contributed by atoms with van der Waals surface area (Å²) in [5.74, 6) is 2.52. The Balaban J connectivity index is 0.948. The quantitative estimate of drug-likeness (QED) is 0.287. The van der Waals surface area contributed by atoms with Gasteiger partial charge in [0.2, 0.25) is 0 Å². The number of aromatic nitrogens is 4. The van der Waals surface area contributed by atoms with Gasteiger partial charge in [-0.3, -0.25) is 9.80 Å². The number of likely N-dealkylation sites (tertiary alicyclic amines) is 3. The Bertz CT molecular complexity index is 1660. The van der Waals surface area contributed by atoms with Gasteiger partial charge in [0.15, 0.2) is 5.65 Å². The summed E-state index contributed by atoms with van der Waals surface area (Å²) >= 11 is 0.